The van der Waals surface area contributed by atoms with Crippen molar-refractivity contribution in [1.29, 1.82) is 0 Å². The molecule has 0 aromatic rings. The lowest BCUT2D eigenvalue weighted by atomic mass is 10.0. The van der Waals surface area contributed by atoms with Crippen molar-refractivity contribution < 1.29 is 14.7 Å². The minimum Gasteiger partial charge on any atom is -0.481 e. The summed E-state index contributed by atoms with van der Waals surface area (Å²) in [7, 11) is 2.11. The van der Waals surface area contributed by atoms with Gasteiger partial charge in [0.05, 0.1) is 0 Å². The van der Waals surface area contributed by atoms with E-state index in [4.69, 9.17) is 5.11 Å². The van der Waals surface area contributed by atoms with Crippen molar-refractivity contribution in [2.75, 3.05) is 39.8 Å². The van der Waals surface area contributed by atoms with Gasteiger partial charge in [-0.15, -0.1) is 0 Å². The van der Waals surface area contributed by atoms with Crippen LogP contribution in [0.15, 0.2) is 0 Å². The van der Waals surface area contributed by atoms with E-state index in [1.165, 1.54) is 6.92 Å². The van der Waals surface area contributed by atoms with E-state index < -0.39 is 17.8 Å². The summed E-state index contributed by atoms with van der Waals surface area (Å²) < 4.78 is 0. The van der Waals surface area contributed by atoms with Crippen LogP contribution in [0.2, 0.25) is 0 Å². The number of hydrogen-bond acceptors (Lipinski definition) is 4. The summed E-state index contributed by atoms with van der Waals surface area (Å²) in [6.45, 7) is 10.2. The van der Waals surface area contributed by atoms with Crippen molar-refractivity contribution in [3.63, 3.8) is 0 Å². The van der Waals surface area contributed by atoms with Gasteiger partial charge in [0.2, 0.25) is 5.91 Å². The van der Waals surface area contributed by atoms with Crippen molar-refractivity contribution in [2.24, 2.45) is 11.8 Å². The van der Waals surface area contributed by atoms with E-state index in [2.05, 4.69) is 36.0 Å². The number of rotatable bonds is 6. The lowest BCUT2D eigenvalue weighted by molar-refractivity contribution is -0.146. The lowest BCUT2D eigenvalue weighted by Crippen LogP contribution is -2.54. The van der Waals surface area contributed by atoms with Crippen molar-refractivity contribution in [2.45, 2.75) is 26.8 Å². The molecule has 2 N–H and O–H groups in total. The third-order valence-corrected chi connectivity index (χ3v) is 4.03. The maximum absolute atomic E-state index is 11.7. The fourth-order valence-electron chi connectivity index (χ4n) is 2.41. The van der Waals surface area contributed by atoms with Gasteiger partial charge in [0.1, 0.15) is 5.92 Å². The Balaban J connectivity index is 2.51. The van der Waals surface area contributed by atoms with Gasteiger partial charge in [-0.05, 0) is 19.9 Å². The van der Waals surface area contributed by atoms with Crippen molar-refractivity contribution in [3.8, 4) is 0 Å². The largest absolute Gasteiger partial charge is 0.481 e. The molecule has 1 rings (SSSR count). The van der Waals surface area contributed by atoms with Crippen LogP contribution in [-0.4, -0.2) is 72.6 Å². The first-order chi connectivity index (χ1) is 9.32. The van der Waals surface area contributed by atoms with Gasteiger partial charge in [0, 0.05) is 38.8 Å². The number of carbonyl (C=O) groups is 2. The summed E-state index contributed by atoms with van der Waals surface area (Å²) in [4.78, 5) is 27.2. The summed E-state index contributed by atoms with van der Waals surface area (Å²) >= 11 is 0. The van der Waals surface area contributed by atoms with Gasteiger partial charge in [0.25, 0.3) is 0 Å². The zero-order chi connectivity index (χ0) is 15.3. The average molecular weight is 285 g/mol. The number of carbonyl (C=O) groups excluding carboxylic acids is 1. The van der Waals surface area contributed by atoms with E-state index in [0.717, 1.165) is 26.2 Å². The first-order valence-electron chi connectivity index (χ1n) is 7.26. The molecular formula is C14H27N3O3. The minimum absolute atomic E-state index is 0.258. The molecule has 20 heavy (non-hydrogen) atoms. The summed E-state index contributed by atoms with van der Waals surface area (Å²) in [6, 6.07) is 0.258. The maximum atomic E-state index is 11.7. The molecule has 0 aromatic heterocycles. The molecule has 1 saturated heterocycles. The third kappa shape index (κ3) is 4.76. The van der Waals surface area contributed by atoms with Crippen molar-refractivity contribution >= 4 is 11.9 Å². The van der Waals surface area contributed by atoms with E-state index >= 15 is 0 Å². The van der Waals surface area contributed by atoms with Crippen molar-refractivity contribution in [1.82, 2.24) is 15.1 Å². The Bertz CT molecular complexity index is 339. The molecule has 0 aliphatic carbocycles. The second kappa shape index (κ2) is 7.59. The monoisotopic (exact) mass is 285 g/mol. The molecule has 1 amide bonds. The Morgan fingerprint density at radius 3 is 2.15 bits per heavy atom. The molecule has 2 unspecified atom stereocenters. The summed E-state index contributed by atoms with van der Waals surface area (Å²) in [6.07, 6.45) is 0. The normalized spacial score (nSPS) is 20.6. The summed E-state index contributed by atoms with van der Waals surface area (Å²) in [5.41, 5.74) is 0. The first-order valence-corrected chi connectivity index (χ1v) is 7.26. The third-order valence-electron chi connectivity index (χ3n) is 4.03. The average Bonchev–Trinajstić information content (AvgIpc) is 2.39. The fourth-order valence-corrected chi connectivity index (χ4v) is 2.41. The van der Waals surface area contributed by atoms with Gasteiger partial charge in [-0.1, -0.05) is 13.8 Å². The molecule has 6 nitrogen and oxygen atoms in total. The van der Waals surface area contributed by atoms with Gasteiger partial charge in [-0.3, -0.25) is 14.5 Å². The summed E-state index contributed by atoms with van der Waals surface area (Å²) in [5.74, 6) is -2.06. The van der Waals surface area contributed by atoms with Crippen LogP contribution in [0.5, 0.6) is 0 Å². The van der Waals surface area contributed by atoms with Crippen molar-refractivity contribution in [3.05, 3.63) is 0 Å². The molecule has 0 saturated carbocycles. The highest BCUT2D eigenvalue weighted by Crippen LogP contribution is 2.13. The topological polar surface area (TPSA) is 72.9 Å². The second-order valence-electron chi connectivity index (χ2n) is 5.96. The minimum atomic E-state index is -1.08. The number of hydrogen-bond donors (Lipinski definition) is 2. The smallest absolute Gasteiger partial charge is 0.315 e. The standard InChI is InChI=1S/C14H27N3O3/c1-10(2)12(17-7-5-16(4)6-8-17)9-15-13(18)11(3)14(19)20/h10-12H,5-9H2,1-4H3,(H,15,18)(H,19,20). The van der Waals surface area contributed by atoms with E-state index in [0.29, 0.717) is 12.5 Å². The second-order valence-corrected chi connectivity index (χ2v) is 5.96. The predicted molar refractivity (Wildman–Crippen MR) is 77.5 cm³/mol. The van der Waals surface area contributed by atoms with Crippen LogP contribution in [-0.2, 0) is 9.59 Å². The Labute approximate surface area is 121 Å². The highest BCUT2D eigenvalue weighted by atomic mass is 16.4. The zero-order valence-electron chi connectivity index (χ0n) is 12.9. The number of likely N-dealkylation sites (N-methyl/N-ethyl adjacent to an activating group) is 1. The number of carboxylic acid groups (broad SMARTS) is 1. The zero-order valence-corrected chi connectivity index (χ0v) is 12.9. The number of carboxylic acids is 1. The van der Waals surface area contributed by atoms with Gasteiger partial charge >= 0.3 is 5.97 Å². The fraction of sp³-hybridized carbons (Fsp3) is 0.857. The van der Waals surface area contributed by atoms with Crippen LogP contribution < -0.4 is 5.32 Å². The highest BCUT2D eigenvalue weighted by Gasteiger charge is 2.27. The Kier molecular flexibility index (Phi) is 6.42. The molecule has 2 atom stereocenters. The number of amides is 1. The molecule has 0 bridgehead atoms. The van der Waals surface area contributed by atoms with E-state index in [1.54, 1.807) is 0 Å². The molecule has 0 aromatic carbocycles. The number of aliphatic carboxylic acids is 1. The SMILES string of the molecule is CC(C(=O)O)C(=O)NCC(C(C)C)N1CCN(C)CC1. The molecule has 1 heterocycles. The highest BCUT2D eigenvalue weighted by molar-refractivity contribution is 5.96. The number of piperazine rings is 1. The molecule has 1 aliphatic heterocycles. The quantitative estimate of drug-likeness (QED) is 0.677. The number of nitrogens with zero attached hydrogens (tertiary/aromatic N) is 2. The Hall–Kier alpha value is -1.14. The van der Waals surface area contributed by atoms with Crippen LogP contribution in [0.1, 0.15) is 20.8 Å². The molecule has 0 spiro atoms. The molecule has 1 fully saturated rings. The van der Waals surface area contributed by atoms with Crippen LogP contribution in [0, 0.1) is 11.8 Å². The van der Waals surface area contributed by atoms with E-state index in [-0.39, 0.29) is 6.04 Å². The van der Waals surface area contributed by atoms with Gasteiger partial charge < -0.3 is 15.3 Å². The van der Waals surface area contributed by atoms with Crippen LogP contribution in [0.4, 0.5) is 0 Å². The van der Waals surface area contributed by atoms with E-state index in [9.17, 15) is 9.59 Å². The predicted octanol–water partition coefficient (Wildman–Crippen LogP) is 0.0953. The maximum Gasteiger partial charge on any atom is 0.315 e. The summed E-state index contributed by atoms with van der Waals surface area (Å²) in [5, 5.41) is 11.6. The Morgan fingerprint density at radius 1 is 1.15 bits per heavy atom. The Morgan fingerprint density at radius 2 is 1.70 bits per heavy atom. The molecule has 1 aliphatic rings. The molecule has 6 heteroatoms. The van der Waals surface area contributed by atoms with Crippen LogP contribution in [0.25, 0.3) is 0 Å². The number of nitrogens with one attached hydrogen (secondary N) is 1. The first kappa shape index (κ1) is 16.9. The molecule has 116 valence electrons. The van der Waals surface area contributed by atoms with E-state index in [1.807, 2.05) is 0 Å². The van der Waals surface area contributed by atoms with Gasteiger partial charge in [-0.2, -0.15) is 0 Å². The lowest BCUT2D eigenvalue weighted by Gasteiger charge is -2.40. The van der Waals surface area contributed by atoms with Crippen LogP contribution in [0.3, 0.4) is 0 Å². The van der Waals surface area contributed by atoms with Gasteiger partial charge in [0.15, 0.2) is 0 Å². The van der Waals surface area contributed by atoms with Crippen LogP contribution >= 0.6 is 0 Å². The van der Waals surface area contributed by atoms with Gasteiger partial charge in [-0.25, -0.2) is 0 Å². The molecule has 0 radical (unpaired) electrons. The molecular weight excluding hydrogens is 258 g/mol.